The monoisotopic (exact) mass is 431 g/mol. The Morgan fingerprint density at radius 2 is 1.60 bits per heavy atom. The van der Waals surface area contributed by atoms with Gasteiger partial charge in [0.2, 0.25) is 11.7 Å². The predicted molar refractivity (Wildman–Crippen MR) is 101 cm³/mol. The maximum atomic E-state index is 13.6. The second-order valence-corrected chi connectivity index (χ2v) is 7.24. The number of carbonyl (C=O) groups is 3. The van der Waals surface area contributed by atoms with E-state index in [4.69, 9.17) is 0 Å². The van der Waals surface area contributed by atoms with Crippen LogP contribution in [-0.2, 0) is 14.4 Å². The molecule has 0 unspecified atom stereocenters. The van der Waals surface area contributed by atoms with Gasteiger partial charge in [0.05, 0.1) is 12.1 Å². The summed E-state index contributed by atoms with van der Waals surface area (Å²) in [6.45, 7) is 3.09. The summed E-state index contributed by atoms with van der Waals surface area (Å²) in [5.41, 5.74) is -0.248. The zero-order valence-electron chi connectivity index (χ0n) is 16.7. The first-order valence-corrected chi connectivity index (χ1v) is 9.80. The zero-order valence-corrected chi connectivity index (χ0v) is 16.7. The van der Waals surface area contributed by atoms with E-state index in [9.17, 15) is 31.9 Å². The third kappa shape index (κ3) is 6.51. The molecule has 3 N–H and O–H groups in total. The van der Waals surface area contributed by atoms with Crippen LogP contribution in [0.1, 0.15) is 51.1 Å². The second kappa shape index (κ2) is 10.0. The van der Waals surface area contributed by atoms with Crippen molar-refractivity contribution in [2.24, 2.45) is 0 Å². The molecule has 0 aliphatic heterocycles. The van der Waals surface area contributed by atoms with Gasteiger partial charge in [-0.3, -0.25) is 19.7 Å². The van der Waals surface area contributed by atoms with Gasteiger partial charge in [0.1, 0.15) is 11.9 Å². The number of amides is 2. The van der Waals surface area contributed by atoms with Gasteiger partial charge in [-0.15, -0.1) is 0 Å². The topological polar surface area (TPSA) is 87.3 Å². The van der Waals surface area contributed by atoms with Gasteiger partial charge in [0.25, 0.3) is 5.91 Å². The van der Waals surface area contributed by atoms with Crippen LogP contribution in [-0.4, -0.2) is 41.9 Å². The van der Waals surface area contributed by atoms with Gasteiger partial charge in [-0.25, -0.2) is 4.39 Å². The molecule has 0 heterocycles. The van der Waals surface area contributed by atoms with Crippen molar-refractivity contribution >= 4 is 17.6 Å². The number of halogens is 4. The van der Waals surface area contributed by atoms with Crippen molar-refractivity contribution in [1.29, 1.82) is 0 Å². The summed E-state index contributed by atoms with van der Waals surface area (Å²) in [6.07, 6.45) is -3.06. The summed E-state index contributed by atoms with van der Waals surface area (Å²) in [7, 11) is 0. The average Bonchev–Trinajstić information content (AvgIpc) is 3.50. The molecule has 1 aromatic carbocycles. The molecule has 0 saturated heterocycles. The molecule has 2 amide bonds. The third-order valence-corrected chi connectivity index (χ3v) is 4.80. The van der Waals surface area contributed by atoms with Crippen LogP contribution < -0.4 is 16.0 Å². The van der Waals surface area contributed by atoms with E-state index in [0.29, 0.717) is 0 Å². The standard InChI is InChI=1S/C20H25F4N3O3/c1-3-14(16(28)19(30)25-13-9-10-13)27-18(29)15(4-2)26-17(20(22,23)24)11-5-7-12(21)8-6-11/h5-8,13-15,17,26H,3-4,9-10H2,1-2H3,(H,25,30)(H,27,29)/t14-,15-,17-/m0/s1. The zero-order chi connectivity index (χ0) is 22.5. The van der Waals surface area contributed by atoms with E-state index in [1.54, 1.807) is 6.92 Å². The van der Waals surface area contributed by atoms with Crippen molar-refractivity contribution < 1.29 is 31.9 Å². The molecule has 10 heteroatoms. The summed E-state index contributed by atoms with van der Waals surface area (Å²) >= 11 is 0. The van der Waals surface area contributed by atoms with Crippen molar-refractivity contribution in [1.82, 2.24) is 16.0 Å². The molecule has 0 aromatic heterocycles. The minimum absolute atomic E-state index is 0.00148. The Morgan fingerprint density at radius 3 is 2.07 bits per heavy atom. The lowest BCUT2D eigenvalue weighted by Gasteiger charge is -2.28. The Kier molecular flexibility index (Phi) is 7.94. The fourth-order valence-corrected chi connectivity index (χ4v) is 2.88. The number of nitrogens with one attached hydrogen (secondary N) is 3. The molecular formula is C20H25F4N3O3. The molecule has 1 saturated carbocycles. The first-order chi connectivity index (χ1) is 14.1. The molecule has 166 valence electrons. The van der Waals surface area contributed by atoms with E-state index in [0.717, 1.165) is 37.1 Å². The third-order valence-electron chi connectivity index (χ3n) is 4.80. The average molecular weight is 431 g/mol. The van der Waals surface area contributed by atoms with Gasteiger partial charge in [0, 0.05) is 6.04 Å². The van der Waals surface area contributed by atoms with Crippen molar-refractivity contribution in [3.05, 3.63) is 35.6 Å². The highest BCUT2D eigenvalue weighted by Gasteiger charge is 2.43. The highest BCUT2D eigenvalue weighted by molar-refractivity contribution is 6.38. The second-order valence-electron chi connectivity index (χ2n) is 7.24. The van der Waals surface area contributed by atoms with Gasteiger partial charge in [-0.2, -0.15) is 13.2 Å². The molecule has 2 rings (SSSR count). The van der Waals surface area contributed by atoms with E-state index in [1.165, 1.54) is 6.92 Å². The van der Waals surface area contributed by atoms with E-state index in [-0.39, 0.29) is 24.4 Å². The van der Waals surface area contributed by atoms with Crippen LogP contribution in [0.25, 0.3) is 0 Å². The lowest BCUT2D eigenvalue weighted by atomic mass is 10.0. The molecule has 1 fully saturated rings. The highest BCUT2D eigenvalue weighted by atomic mass is 19.4. The van der Waals surface area contributed by atoms with Crippen LogP contribution in [0.3, 0.4) is 0 Å². The Morgan fingerprint density at radius 1 is 1.03 bits per heavy atom. The molecule has 1 aromatic rings. The van der Waals surface area contributed by atoms with E-state index < -0.39 is 47.7 Å². The quantitative estimate of drug-likeness (QED) is 0.393. The maximum absolute atomic E-state index is 13.6. The summed E-state index contributed by atoms with van der Waals surface area (Å²) in [4.78, 5) is 36.8. The Balaban J connectivity index is 2.09. The number of alkyl halides is 3. The van der Waals surface area contributed by atoms with Gasteiger partial charge < -0.3 is 10.6 Å². The molecule has 0 bridgehead atoms. The van der Waals surface area contributed by atoms with Crippen LogP contribution in [0.4, 0.5) is 17.6 Å². The molecule has 30 heavy (non-hydrogen) atoms. The van der Waals surface area contributed by atoms with Crippen LogP contribution >= 0.6 is 0 Å². The van der Waals surface area contributed by atoms with Gasteiger partial charge in [-0.05, 0) is 43.4 Å². The lowest BCUT2D eigenvalue weighted by Crippen LogP contribution is -2.54. The summed E-state index contributed by atoms with van der Waals surface area (Å²) in [6, 6.07) is -0.873. The number of carbonyl (C=O) groups excluding carboxylic acids is 3. The van der Waals surface area contributed by atoms with Crippen molar-refractivity contribution in [2.75, 3.05) is 0 Å². The Hall–Kier alpha value is -2.49. The minimum atomic E-state index is -4.74. The first-order valence-electron chi connectivity index (χ1n) is 9.80. The molecule has 0 radical (unpaired) electrons. The normalized spacial score (nSPS) is 17.0. The van der Waals surface area contributed by atoms with E-state index in [1.807, 2.05) is 0 Å². The van der Waals surface area contributed by atoms with Crippen LogP contribution in [0.15, 0.2) is 24.3 Å². The first kappa shape index (κ1) is 23.8. The number of hydrogen-bond acceptors (Lipinski definition) is 4. The molecule has 0 spiro atoms. The van der Waals surface area contributed by atoms with Crippen LogP contribution in [0.2, 0.25) is 0 Å². The molecule has 3 atom stereocenters. The number of benzene rings is 1. The number of rotatable bonds is 10. The van der Waals surface area contributed by atoms with Crippen molar-refractivity contribution in [3.63, 3.8) is 0 Å². The number of Topliss-reactive ketones (excluding diaryl/α,β-unsaturated/α-hetero) is 1. The minimum Gasteiger partial charge on any atom is -0.347 e. The Labute approximate surface area is 171 Å². The van der Waals surface area contributed by atoms with Crippen LogP contribution in [0.5, 0.6) is 0 Å². The fraction of sp³-hybridized carbons (Fsp3) is 0.550. The molecule has 6 nitrogen and oxygen atoms in total. The smallest absolute Gasteiger partial charge is 0.347 e. The SMILES string of the molecule is CC[C@H](N[C@@H](c1ccc(F)cc1)C(F)(F)F)C(=O)N[C@@H](CC)C(=O)C(=O)NC1CC1. The number of ketones is 1. The maximum Gasteiger partial charge on any atom is 0.407 e. The van der Waals surface area contributed by atoms with E-state index >= 15 is 0 Å². The van der Waals surface area contributed by atoms with Crippen molar-refractivity contribution in [2.45, 2.75) is 69.9 Å². The summed E-state index contributed by atoms with van der Waals surface area (Å²) in [5.74, 6) is -3.16. The van der Waals surface area contributed by atoms with Crippen LogP contribution in [0, 0.1) is 5.82 Å². The summed E-state index contributed by atoms with van der Waals surface area (Å²) in [5, 5.41) is 7.15. The molecule has 1 aliphatic carbocycles. The lowest BCUT2D eigenvalue weighted by molar-refractivity contribution is -0.161. The molecular weight excluding hydrogens is 406 g/mol. The van der Waals surface area contributed by atoms with Crippen molar-refractivity contribution in [3.8, 4) is 0 Å². The van der Waals surface area contributed by atoms with Gasteiger partial charge in [-0.1, -0.05) is 26.0 Å². The highest BCUT2D eigenvalue weighted by Crippen LogP contribution is 2.33. The predicted octanol–water partition coefficient (Wildman–Crippen LogP) is 2.54. The molecule has 1 aliphatic rings. The van der Waals surface area contributed by atoms with Gasteiger partial charge >= 0.3 is 6.18 Å². The van der Waals surface area contributed by atoms with Gasteiger partial charge in [0.15, 0.2) is 0 Å². The van der Waals surface area contributed by atoms with E-state index in [2.05, 4.69) is 16.0 Å². The Bertz CT molecular complexity index is 764. The largest absolute Gasteiger partial charge is 0.407 e. The summed E-state index contributed by atoms with van der Waals surface area (Å²) < 4.78 is 53.8. The number of hydrogen-bond donors (Lipinski definition) is 3. The fourth-order valence-electron chi connectivity index (χ4n) is 2.88.